The summed E-state index contributed by atoms with van der Waals surface area (Å²) in [6.45, 7) is 1.96. The van der Waals surface area contributed by atoms with Gasteiger partial charge in [-0.3, -0.25) is 0 Å². The minimum Gasteiger partial charge on any atom is -0.495 e. The largest absolute Gasteiger partial charge is 0.495 e. The average molecular weight is 294 g/mol. The summed E-state index contributed by atoms with van der Waals surface area (Å²) in [5, 5.41) is 8.57. The van der Waals surface area contributed by atoms with Gasteiger partial charge in [0.1, 0.15) is 5.75 Å². The second-order valence-electron chi connectivity index (χ2n) is 4.75. The first-order valence-electron chi connectivity index (χ1n) is 6.38. The third-order valence-corrected chi connectivity index (χ3v) is 4.65. The number of hydrogen-bond acceptors (Lipinski definition) is 3. The first-order chi connectivity index (χ1) is 9.29. The Morgan fingerprint density at radius 2 is 2.32 bits per heavy atom. The van der Waals surface area contributed by atoms with Crippen LogP contribution in [0.15, 0.2) is 29.0 Å². The lowest BCUT2D eigenvalue weighted by Crippen LogP contribution is -2.20. The fourth-order valence-corrected chi connectivity index (χ4v) is 3.64. The van der Waals surface area contributed by atoms with Crippen LogP contribution in [0.5, 0.6) is 5.75 Å². The number of hydrogen-bond donors (Lipinski definition) is 1. The Hall–Kier alpha value is -1.03. The second-order valence-corrected chi connectivity index (χ2v) is 5.94. The first kappa shape index (κ1) is 13.0. The molecule has 2 heterocycles. The first-order valence-corrected chi connectivity index (χ1v) is 7.71. The van der Waals surface area contributed by atoms with Crippen molar-refractivity contribution in [1.29, 1.82) is 0 Å². The van der Waals surface area contributed by atoms with Gasteiger partial charge in [-0.25, -0.2) is 0 Å². The van der Waals surface area contributed by atoms with Crippen molar-refractivity contribution in [3.05, 3.63) is 50.7 Å². The topological polar surface area (TPSA) is 21.3 Å². The van der Waals surface area contributed by atoms with Crippen LogP contribution in [0.25, 0.3) is 0 Å². The minimum absolute atomic E-state index is 0.384. The van der Waals surface area contributed by atoms with Crippen molar-refractivity contribution in [1.82, 2.24) is 5.32 Å². The highest BCUT2D eigenvalue weighted by molar-refractivity contribution is 7.08. The van der Waals surface area contributed by atoms with Gasteiger partial charge in [-0.2, -0.15) is 11.3 Å². The molecule has 0 bridgehead atoms. The van der Waals surface area contributed by atoms with Gasteiger partial charge in [0.2, 0.25) is 0 Å². The van der Waals surface area contributed by atoms with Crippen molar-refractivity contribution in [3.63, 3.8) is 0 Å². The summed E-state index contributed by atoms with van der Waals surface area (Å²) < 4.78 is 5.37. The van der Waals surface area contributed by atoms with Crippen LogP contribution < -0.4 is 10.1 Å². The van der Waals surface area contributed by atoms with Crippen LogP contribution in [0.1, 0.15) is 22.6 Å². The zero-order valence-electron chi connectivity index (χ0n) is 10.8. The average Bonchev–Trinajstić information content (AvgIpc) is 2.86. The molecular weight excluding hydrogens is 278 g/mol. The monoisotopic (exact) mass is 293 g/mol. The number of nitrogens with one attached hydrogen (secondary N) is 1. The molecule has 19 heavy (non-hydrogen) atoms. The van der Waals surface area contributed by atoms with E-state index in [9.17, 15) is 0 Å². The normalized spacial score (nSPS) is 18.7. The Morgan fingerprint density at radius 1 is 1.42 bits per heavy atom. The van der Waals surface area contributed by atoms with Crippen LogP contribution in [-0.2, 0) is 6.42 Å². The fourth-order valence-electron chi connectivity index (χ4n) is 2.66. The van der Waals surface area contributed by atoms with E-state index < -0.39 is 0 Å². The van der Waals surface area contributed by atoms with Crippen LogP contribution in [0.4, 0.5) is 0 Å². The number of ether oxygens (including phenoxy) is 1. The maximum absolute atomic E-state index is 6.24. The van der Waals surface area contributed by atoms with Crippen molar-refractivity contribution in [3.8, 4) is 5.75 Å². The summed E-state index contributed by atoms with van der Waals surface area (Å²) in [6.07, 6.45) is 1.01. The van der Waals surface area contributed by atoms with Crippen LogP contribution in [0.3, 0.4) is 0 Å². The summed E-state index contributed by atoms with van der Waals surface area (Å²) in [5.74, 6) is 1.15. The van der Waals surface area contributed by atoms with Crippen LogP contribution >= 0.6 is 22.9 Å². The third-order valence-electron chi connectivity index (χ3n) is 3.65. The Morgan fingerprint density at radius 3 is 3.05 bits per heavy atom. The van der Waals surface area contributed by atoms with E-state index >= 15 is 0 Å². The number of benzene rings is 1. The Bertz CT molecular complexity index is 568. The van der Waals surface area contributed by atoms with Crippen molar-refractivity contribution in [2.75, 3.05) is 20.2 Å². The third kappa shape index (κ3) is 2.50. The smallest absolute Gasteiger partial charge is 0.137 e. The van der Waals surface area contributed by atoms with Gasteiger partial charge in [-0.05, 0) is 58.6 Å². The molecule has 1 atom stereocenters. The molecule has 3 rings (SSSR count). The van der Waals surface area contributed by atoms with Gasteiger partial charge in [0.05, 0.1) is 12.1 Å². The summed E-state index contributed by atoms with van der Waals surface area (Å²) in [5.41, 5.74) is 4.03. The van der Waals surface area contributed by atoms with Crippen molar-refractivity contribution < 1.29 is 4.74 Å². The van der Waals surface area contributed by atoms with E-state index in [0.29, 0.717) is 10.9 Å². The standard InChI is InChI=1S/C15H16ClNOS/c1-18-15-7-12-10(6-14(15)16)2-4-17-8-13(12)11-3-5-19-9-11/h3,5-7,9,13,17H,2,4,8H2,1H3. The minimum atomic E-state index is 0.384. The number of halogens is 1. The molecule has 2 nitrogen and oxygen atoms in total. The summed E-state index contributed by atoms with van der Waals surface area (Å²) in [7, 11) is 1.67. The molecule has 1 aliphatic heterocycles. The van der Waals surface area contributed by atoms with Crippen LogP contribution in [0.2, 0.25) is 5.02 Å². The molecule has 0 aliphatic carbocycles. The summed E-state index contributed by atoms with van der Waals surface area (Å²) in [6, 6.07) is 6.36. The van der Waals surface area contributed by atoms with Gasteiger partial charge in [-0.1, -0.05) is 11.6 Å². The zero-order valence-corrected chi connectivity index (χ0v) is 12.4. The van der Waals surface area contributed by atoms with Gasteiger partial charge in [0.25, 0.3) is 0 Å². The highest BCUT2D eigenvalue weighted by Gasteiger charge is 2.22. The molecule has 1 unspecified atom stereocenters. The SMILES string of the molecule is COc1cc2c(cc1Cl)CCNCC2c1ccsc1. The second kappa shape index (κ2) is 5.53. The van der Waals surface area contributed by atoms with Gasteiger partial charge in [-0.15, -0.1) is 0 Å². The van der Waals surface area contributed by atoms with Crippen LogP contribution in [-0.4, -0.2) is 20.2 Å². The van der Waals surface area contributed by atoms with Gasteiger partial charge < -0.3 is 10.1 Å². The lowest BCUT2D eigenvalue weighted by Gasteiger charge is -2.18. The van der Waals surface area contributed by atoms with Gasteiger partial charge >= 0.3 is 0 Å². The quantitative estimate of drug-likeness (QED) is 0.912. The Kier molecular flexibility index (Phi) is 3.78. The molecule has 2 aromatic rings. The molecule has 0 radical (unpaired) electrons. The molecule has 1 aliphatic rings. The van der Waals surface area contributed by atoms with E-state index in [-0.39, 0.29) is 0 Å². The van der Waals surface area contributed by atoms with Gasteiger partial charge in [0, 0.05) is 12.5 Å². The predicted octanol–water partition coefficient (Wildman–Crippen LogP) is 3.69. The maximum Gasteiger partial charge on any atom is 0.137 e. The molecule has 0 saturated heterocycles. The van der Waals surface area contributed by atoms with Crippen molar-refractivity contribution in [2.45, 2.75) is 12.3 Å². The number of fused-ring (bicyclic) bond motifs is 1. The molecule has 0 fully saturated rings. The maximum atomic E-state index is 6.24. The molecule has 0 amide bonds. The molecule has 1 N–H and O–H groups in total. The predicted molar refractivity (Wildman–Crippen MR) is 80.7 cm³/mol. The van der Waals surface area contributed by atoms with E-state index in [1.807, 2.05) is 0 Å². The Labute approximate surface area is 122 Å². The van der Waals surface area contributed by atoms with E-state index in [2.05, 4.69) is 34.3 Å². The number of methoxy groups -OCH3 is 1. The highest BCUT2D eigenvalue weighted by Crippen LogP contribution is 2.36. The zero-order chi connectivity index (χ0) is 13.2. The summed E-state index contributed by atoms with van der Waals surface area (Å²) in [4.78, 5) is 0. The van der Waals surface area contributed by atoms with Crippen molar-refractivity contribution in [2.24, 2.45) is 0 Å². The number of rotatable bonds is 2. The molecule has 0 spiro atoms. The van der Waals surface area contributed by atoms with Crippen molar-refractivity contribution >= 4 is 22.9 Å². The van der Waals surface area contributed by atoms with E-state index in [1.165, 1.54) is 16.7 Å². The van der Waals surface area contributed by atoms with Gasteiger partial charge in [0.15, 0.2) is 0 Å². The Balaban J connectivity index is 2.11. The lowest BCUT2D eigenvalue weighted by atomic mass is 9.89. The molecule has 0 saturated carbocycles. The summed E-state index contributed by atoms with van der Waals surface area (Å²) >= 11 is 7.99. The van der Waals surface area contributed by atoms with E-state index in [0.717, 1.165) is 25.3 Å². The lowest BCUT2D eigenvalue weighted by molar-refractivity contribution is 0.414. The molecule has 100 valence electrons. The molecular formula is C15H16ClNOS. The fraction of sp³-hybridized carbons (Fsp3) is 0.333. The molecule has 1 aromatic carbocycles. The van der Waals surface area contributed by atoms with Crippen LogP contribution in [0, 0.1) is 0 Å². The molecule has 1 aromatic heterocycles. The van der Waals surface area contributed by atoms with E-state index in [4.69, 9.17) is 16.3 Å². The number of thiophene rings is 1. The molecule has 4 heteroatoms. The highest BCUT2D eigenvalue weighted by atomic mass is 35.5. The van der Waals surface area contributed by atoms with E-state index in [1.54, 1.807) is 18.4 Å².